The summed E-state index contributed by atoms with van der Waals surface area (Å²) in [7, 11) is 0. The van der Waals surface area contributed by atoms with Gasteiger partial charge in [-0.3, -0.25) is 14.4 Å². The third-order valence-electron chi connectivity index (χ3n) is 6.55. The van der Waals surface area contributed by atoms with E-state index in [2.05, 4.69) is 16.0 Å². The molecule has 4 aliphatic carbocycles. The third-order valence-corrected chi connectivity index (χ3v) is 6.55. The fraction of sp³-hybridized carbons (Fsp3) is 0.850. The standard InChI is InChI=1S/C20H33N3O3/c1-12(2)17(18(25)22-5-4-21-13(3)24)23-19(26)20-9-14-6-15(10-20)8-16(7-14)11-20/h12,14-17H,4-11H2,1-3H3,(H,21,24)(H,22,25)(H,23,26). The van der Waals surface area contributed by atoms with Crippen molar-refractivity contribution in [2.24, 2.45) is 29.1 Å². The Bertz CT molecular complexity index is 537. The van der Waals surface area contributed by atoms with Gasteiger partial charge in [0, 0.05) is 25.4 Å². The number of carbonyl (C=O) groups excluding carboxylic acids is 3. The maximum Gasteiger partial charge on any atom is 0.242 e. The summed E-state index contributed by atoms with van der Waals surface area (Å²) in [6.07, 6.45) is 6.89. The van der Waals surface area contributed by atoms with Gasteiger partial charge in [0.1, 0.15) is 6.04 Å². The van der Waals surface area contributed by atoms with Gasteiger partial charge in [-0.1, -0.05) is 13.8 Å². The molecular formula is C20H33N3O3. The molecule has 4 saturated carbocycles. The molecule has 1 unspecified atom stereocenters. The van der Waals surface area contributed by atoms with Gasteiger partial charge in [0.15, 0.2) is 0 Å². The second-order valence-corrected chi connectivity index (χ2v) is 9.17. The van der Waals surface area contributed by atoms with Crippen molar-refractivity contribution in [3.05, 3.63) is 0 Å². The van der Waals surface area contributed by atoms with Gasteiger partial charge in [0.25, 0.3) is 0 Å². The molecule has 6 nitrogen and oxygen atoms in total. The van der Waals surface area contributed by atoms with E-state index >= 15 is 0 Å². The SMILES string of the molecule is CC(=O)NCCNC(=O)C(NC(=O)C12CC3CC(CC(C3)C1)C2)C(C)C. The van der Waals surface area contributed by atoms with Crippen molar-refractivity contribution in [1.82, 2.24) is 16.0 Å². The zero-order valence-electron chi connectivity index (χ0n) is 16.3. The Kier molecular flexibility index (Phi) is 5.58. The molecule has 0 spiro atoms. The monoisotopic (exact) mass is 363 g/mol. The summed E-state index contributed by atoms with van der Waals surface area (Å²) >= 11 is 0. The quantitative estimate of drug-likeness (QED) is 0.600. The largest absolute Gasteiger partial charge is 0.355 e. The summed E-state index contributed by atoms with van der Waals surface area (Å²) in [4.78, 5) is 36.6. The summed E-state index contributed by atoms with van der Waals surface area (Å²) in [5, 5.41) is 8.57. The molecule has 3 N–H and O–H groups in total. The molecule has 0 aliphatic heterocycles. The third kappa shape index (κ3) is 4.04. The van der Waals surface area contributed by atoms with E-state index in [-0.39, 0.29) is 29.1 Å². The van der Waals surface area contributed by atoms with Crippen molar-refractivity contribution in [1.29, 1.82) is 0 Å². The van der Waals surface area contributed by atoms with Crippen molar-refractivity contribution in [3.8, 4) is 0 Å². The molecule has 1 atom stereocenters. The van der Waals surface area contributed by atoms with Crippen LogP contribution in [0, 0.1) is 29.1 Å². The molecule has 0 aromatic heterocycles. The van der Waals surface area contributed by atoms with Crippen LogP contribution in [0.4, 0.5) is 0 Å². The predicted octanol–water partition coefficient (Wildman–Crippen LogP) is 1.60. The average molecular weight is 364 g/mol. The summed E-state index contributed by atoms with van der Waals surface area (Å²) in [5.41, 5.74) is -0.238. The summed E-state index contributed by atoms with van der Waals surface area (Å²) in [6.45, 7) is 6.13. The highest BCUT2D eigenvalue weighted by Crippen LogP contribution is 2.60. The molecule has 0 heterocycles. The minimum atomic E-state index is -0.521. The Morgan fingerprint density at radius 1 is 0.923 bits per heavy atom. The Hall–Kier alpha value is -1.59. The lowest BCUT2D eigenvalue weighted by atomic mass is 9.49. The van der Waals surface area contributed by atoms with E-state index in [9.17, 15) is 14.4 Å². The molecule has 4 aliphatic rings. The number of hydrogen-bond acceptors (Lipinski definition) is 3. The van der Waals surface area contributed by atoms with E-state index in [0.717, 1.165) is 19.3 Å². The maximum atomic E-state index is 13.2. The second-order valence-electron chi connectivity index (χ2n) is 9.17. The first-order valence-electron chi connectivity index (χ1n) is 10.1. The van der Waals surface area contributed by atoms with Crippen molar-refractivity contribution in [2.75, 3.05) is 13.1 Å². The van der Waals surface area contributed by atoms with Crippen LogP contribution in [0.2, 0.25) is 0 Å². The van der Waals surface area contributed by atoms with Crippen LogP contribution in [-0.4, -0.2) is 36.9 Å². The molecule has 0 aromatic carbocycles. The first-order valence-corrected chi connectivity index (χ1v) is 10.1. The number of nitrogens with one attached hydrogen (secondary N) is 3. The van der Waals surface area contributed by atoms with Crippen LogP contribution in [0.1, 0.15) is 59.3 Å². The fourth-order valence-electron chi connectivity index (χ4n) is 5.75. The van der Waals surface area contributed by atoms with Gasteiger partial charge in [-0.15, -0.1) is 0 Å². The topological polar surface area (TPSA) is 87.3 Å². The van der Waals surface area contributed by atoms with E-state index in [1.807, 2.05) is 13.8 Å². The fourth-order valence-corrected chi connectivity index (χ4v) is 5.75. The molecule has 26 heavy (non-hydrogen) atoms. The first kappa shape index (κ1) is 19.2. The summed E-state index contributed by atoms with van der Waals surface area (Å²) in [6, 6.07) is -0.521. The minimum absolute atomic E-state index is 0.0219. The minimum Gasteiger partial charge on any atom is -0.355 e. The molecule has 4 rings (SSSR count). The van der Waals surface area contributed by atoms with Gasteiger partial charge in [0.05, 0.1) is 0 Å². The predicted molar refractivity (Wildman–Crippen MR) is 99.1 cm³/mol. The number of hydrogen-bond donors (Lipinski definition) is 3. The van der Waals surface area contributed by atoms with Crippen LogP contribution in [0.15, 0.2) is 0 Å². The lowest BCUT2D eigenvalue weighted by molar-refractivity contribution is -0.149. The summed E-state index contributed by atoms with van der Waals surface area (Å²) in [5.74, 6) is 1.95. The van der Waals surface area contributed by atoms with Crippen molar-refractivity contribution < 1.29 is 14.4 Å². The zero-order valence-corrected chi connectivity index (χ0v) is 16.3. The highest BCUT2D eigenvalue weighted by molar-refractivity contribution is 5.90. The Morgan fingerprint density at radius 2 is 1.42 bits per heavy atom. The van der Waals surface area contributed by atoms with Crippen LogP contribution >= 0.6 is 0 Å². The van der Waals surface area contributed by atoms with Crippen LogP contribution in [-0.2, 0) is 14.4 Å². The molecule has 0 aromatic rings. The van der Waals surface area contributed by atoms with Gasteiger partial charge in [-0.05, 0) is 62.2 Å². The highest BCUT2D eigenvalue weighted by atomic mass is 16.2. The molecule has 4 fully saturated rings. The van der Waals surface area contributed by atoms with Gasteiger partial charge in [-0.25, -0.2) is 0 Å². The molecule has 3 amide bonds. The number of carbonyl (C=O) groups is 3. The van der Waals surface area contributed by atoms with E-state index in [0.29, 0.717) is 30.8 Å². The van der Waals surface area contributed by atoms with Crippen LogP contribution in [0.3, 0.4) is 0 Å². The zero-order chi connectivity index (χ0) is 18.9. The lowest BCUT2D eigenvalue weighted by Gasteiger charge is -2.55. The molecule has 4 bridgehead atoms. The van der Waals surface area contributed by atoms with Crippen molar-refractivity contribution in [3.63, 3.8) is 0 Å². The van der Waals surface area contributed by atoms with Crippen molar-refractivity contribution in [2.45, 2.75) is 65.3 Å². The molecular weight excluding hydrogens is 330 g/mol. The lowest BCUT2D eigenvalue weighted by Crippen LogP contribution is -2.58. The van der Waals surface area contributed by atoms with Crippen LogP contribution < -0.4 is 16.0 Å². The highest BCUT2D eigenvalue weighted by Gasteiger charge is 2.55. The van der Waals surface area contributed by atoms with Crippen LogP contribution in [0.25, 0.3) is 0 Å². The first-order chi connectivity index (χ1) is 12.3. The van der Waals surface area contributed by atoms with Gasteiger partial charge in [0.2, 0.25) is 17.7 Å². The average Bonchev–Trinajstić information content (AvgIpc) is 2.54. The van der Waals surface area contributed by atoms with E-state index < -0.39 is 6.04 Å². The van der Waals surface area contributed by atoms with Crippen molar-refractivity contribution >= 4 is 17.7 Å². The Balaban J connectivity index is 1.58. The van der Waals surface area contributed by atoms with E-state index in [4.69, 9.17) is 0 Å². The number of amides is 3. The maximum absolute atomic E-state index is 13.2. The van der Waals surface area contributed by atoms with Gasteiger partial charge < -0.3 is 16.0 Å². The van der Waals surface area contributed by atoms with Crippen LogP contribution in [0.5, 0.6) is 0 Å². The molecule has 0 saturated heterocycles. The molecule has 146 valence electrons. The number of rotatable bonds is 7. The second kappa shape index (κ2) is 7.57. The van der Waals surface area contributed by atoms with Gasteiger partial charge >= 0.3 is 0 Å². The normalized spacial score (nSPS) is 33.0. The molecule has 0 radical (unpaired) electrons. The summed E-state index contributed by atoms with van der Waals surface area (Å²) < 4.78 is 0. The Morgan fingerprint density at radius 3 is 1.88 bits per heavy atom. The smallest absolute Gasteiger partial charge is 0.242 e. The molecule has 6 heteroatoms. The Labute approximate surface area is 156 Å². The van der Waals surface area contributed by atoms with Gasteiger partial charge in [-0.2, -0.15) is 0 Å². The van der Waals surface area contributed by atoms with E-state index in [1.54, 1.807) is 0 Å². The van der Waals surface area contributed by atoms with E-state index in [1.165, 1.54) is 26.2 Å².